The average molecular weight is 521 g/mol. The number of para-hydroxylation sites is 1. The maximum atomic E-state index is 13.7. The van der Waals surface area contributed by atoms with Gasteiger partial charge in [-0.3, -0.25) is 9.73 Å². The number of rotatable bonds is 4. The Bertz CT molecular complexity index is 1610. The van der Waals surface area contributed by atoms with Gasteiger partial charge in [-0.1, -0.05) is 42.5 Å². The lowest BCUT2D eigenvalue weighted by Crippen LogP contribution is -2.30. The summed E-state index contributed by atoms with van der Waals surface area (Å²) < 4.78 is 42.8. The highest BCUT2D eigenvalue weighted by Crippen LogP contribution is 2.43. The van der Waals surface area contributed by atoms with Crippen LogP contribution in [-0.4, -0.2) is 36.6 Å². The first kappa shape index (κ1) is 23.6. The fourth-order valence-electron chi connectivity index (χ4n) is 4.04. The summed E-state index contributed by atoms with van der Waals surface area (Å²) >= 11 is 5.15. The molecular formula is C25H21FN6O2S2. The Hall–Kier alpha value is -4.09. The summed E-state index contributed by atoms with van der Waals surface area (Å²) in [5.41, 5.74) is 6.94. The molecule has 0 radical (unpaired) electrons. The SMILES string of the molecule is Cc1c2c(nn1-c1ccc(/C=N/NC(=S)Nc3ccccc3F)cc1)-c1ccccc1S(=O)(=O)N2C. The minimum absolute atomic E-state index is 0.157. The van der Waals surface area contributed by atoms with Crippen LogP contribution in [0.25, 0.3) is 16.9 Å². The summed E-state index contributed by atoms with van der Waals surface area (Å²) in [6.45, 7) is 1.84. The van der Waals surface area contributed by atoms with Gasteiger partial charge in [-0.15, -0.1) is 0 Å². The highest BCUT2D eigenvalue weighted by Gasteiger charge is 2.36. The summed E-state index contributed by atoms with van der Waals surface area (Å²) in [6.07, 6.45) is 1.58. The Kier molecular flexibility index (Phi) is 6.02. The molecule has 1 aromatic heterocycles. The van der Waals surface area contributed by atoms with E-state index in [1.165, 1.54) is 10.4 Å². The number of hydrogen-bond acceptors (Lipinski definition) is 5. The number of anilines is 2. The van der Waals surface area contributed by atoms with E-state index in [0.717, 1.165) is 11.3 Å². The molecule has 8 nitrogen and oxygen atoms in total. The van der Waals surface area contributed by atoms with Crippen LogP contribution in [0, 0.1) is 12.7 Å². The number of halogens is 1. The van der Waals surface area contributed by atoms with Gasteiger partial charge in [-0.25, -0.2) is 17.5 Å². The van der Waals surface area contributed by atoms with E-state index in [0.29, 0.717) is 22.6 Å². The van der Waals surface area contributed by atoms with Crippen LogP contribution in [0.15, 0.2) is 82.8 Å². The molecule has 2 heterocycles. The summed E-state index contributed by atoms with van der Waals surface area (Å²) in [7, 11) is -2.11. The van der Waals surface area contributed by atoms with E-state index in [2.05, 4.69) is 15.8 Å². The van der Waals surface area contributed by atoms with Crippen molar-refractivity contribution in [2.24, 2.45) is 5.10 Å². The van der Waals surface area contributed by atoms with Crippen molar-refractivity contribution in [3.63, 3.8) is 0 Å². The molecule has 0 saturated carbocycles. The molecule has 2 N–H and O–H groups in total. The van der Waals surface area contributed by atoms with Gasteiger partial charge in [0.05, 0.1) is 28.2 Å². The smallest absolute Gasteiger partial charge is 0.264 e. The van der Waals surface area contributed by atoms with Crippen LogP contribution >= 0.6 is 12.2 Å². The van der Waals surface area contributed by atoms with E-state index in [4.69, 9.17) is 17.3 Å². The highest BCUT2D eigenvalue weighted by molar-refractivity contribution is 7.93. The standard InChI is InChI=1S/C25H21FN6O2S2/c1-16-24-23(19-7-3-6-10-22(19)36(33,34)31(24)2)30-32(16)18-13-11-17(12-14-18)15-27-29-25(35)28-21-9-5-4-8-20(21)26/h3-15H,1-2H3,(H2,28,29,35)/b27-15+. The van der Waals surface area contributed by atoms with Gasteiger partial charge in [-0.05, 0) is 55.0 Å². The van der Waals surface area contributed by atoms with Crippen LogP contribution in [0.1, 0.15) is 11.3 Å². The van der Waals surface area contributed by atoms with Gasteiger partial charge in [0, 0.05) is 12.6 Å². The molecule has 0 atom stereocenters. The number of nitrogens with one attached hydrogen (secondary N) is 2. The number of fused-ring (bicyclic) bond motifs is 3. The first-order valence-corrected chi connectivity index (χ1v) is 12.7. The van der Waals surface area contributed by atoms with Crippen molar-refractivity contribution in [3.8, 4) is 16.9 Å². The minimum atomic E-state index is -3.65. The molecule has 0 saturated heterocycles. The normalized spacial score (nSPS) is 13.8. The summed E-state index contributed by atoms with van der Waals surface area (Å²) in [4.78, 5) is 0.242. The van der Waals surface area contributed by atoms with Crippen molar-refractivity contribution in [3.05, 3.63) is 89.9 Å². The third-order valence-corrected chi connectivity index (χ3v) is 7.83. The van der Waals surface area contributed by atoms with Crippen LogP contribution in [0.4, 0.5) is 15.8 Å². The van der Waals surface area contributed by atoms with Crippen molar-refractivity contribution >= 4 is 44.9 Å². The fourth-order valence-corrected chi connectivity index (χ4v) is 5.65. The molecule has 0 aliphatic carbocycles. The maximum Gasteiger partial charge on any atom is 0.264 e. The average Bonchev–Trinajstić information content (AvgIpc) is 3.22. The van der Waals surface area contributed by atoms with Gasteiger partial charge in [0.25, 0.3) is 10.0 Å². The lowest BCUT2D eigenvalue weighted by Gasteiger charge is -2.26. The highest BCUT2D eigenvalue weighted by atomic mass is 32.2. The lowest BCUT2D eigenvalue weighted by molar-refractivity contribution is 0.594. The zero-order chi connectivity index (χ0) is 25.4. The molecule has 4 aromatic rings. The topological polar surface area (TPSA) is 91.6 Å². The molecule has 1 aliphatic heterocycles. The summed E-state index contributed by atoms with van der Waals surface area (Å²) in [5.74, 6) is -0.413. The number of sulfonamides is 1. The van der Waals surface area contributed by atoms with Gasteiger partial charge in [0.15, 0.2) is 5.11 Å². The second kappa shape index (κ2) is 9.17. The Morgan fingerprint density at radius 1 is 1.06 bits per heavy atom. The molecule has 0 unspecified atom stereocenters. The quantitative estimate of drug-likeness (QED) is 0.235. The van der Waals surface area contributed by atoms with Crippen LogP contribution in [-0.2, 0) is 10.0 Å². The van der Waals surface area contributed by atoms with Crippen molar-refractivity contribution in [2.75, 3.05) is 16.7 Å². The van der Waals surface area contributed by atoms with Crippen molar-refractivity contribution < 1.29 is 12.8 Å². The van der Waals surface area contributed by atoms with Gasteiger partial charge < -0.3 is 5.32 Å². The van der Waals surface area contributed by atoms with E-state index in [1.54, 1.807) is 60.4 Å². The fraction of sp³-hybridized carbons (Fsp3) is 0.0800. The second-order valence-electron chi connectivity index (χ2n) is 8.06. The molecule has 11 heteroatoms. The number of benzene rings is 3. The van der Waals surface area contributed by atoms with Gasteiger partial charge in [0.1, 0.15) is 17.2 Å². The Morgan fingerprint density at radius 2 is 1.75 bits per heavy atom. The Morgan fingerprint density at radius 3 is 2.50 bits per heavy atom. The molecule has 0 bridgehead atoms. The van der Waals surface area contributed by atoms with E-state index < -0.39 is 15.8 Å². The maximum absolute atomic E-state index is 13.7. The minimum Gasteiger partial charge on any atom is -0.329 e. The van der Waals surface area contributed by atoms with Crippen molar-refractivity contribution in [1.29, 1.82) is 0 Å². The molecule has 1 aliphatic rings. The second-order valence-corrected chi connectivity index (χ2v) is 10.4. The monoisotopic (exact) mass is 520 g/mol. The van der Waals surface area contributed by atoms with Crippen molar-refractivity contribution in [2.45, 2.75) is 11.8 Å². The lowest BCUT2D eigenvalue weighted by atomic mass is 10.1. The Labute approximate surface area is 213 Å². The van der Waals surface area contributed by atoms with E-state index in [-0.39, 0.29) is 15.7 Å². The molecular weight excluding hydrogens is 499 g/mol. The predicted molar refractivity (Wildman–Crippen MR) is 143 cm³/mol. The number of hydrogen-bond donors (Lipinski definition) is 2. The number of thiocarbonyl (C=S) groups is 1. The van der Waals surface area contributed by atoms with Crippen LogP contribution in [0.3, 0.4) is 0 Å². The molecule has 0 fully saturated rings. The Balaban J connectivity index is 1.35. The van der Waals surface area contributed by atoms with Crippen LogP contribution in [0.2, 0.25) is 0 Å². The van der Waals surface area contributed by atoms with Crippen molar-refractivity contribution in [1.82, 2.24) is 15.2 Å². The van der Waals surface area contributed by atoms with Gasteiger partial charge in [0.2, 0.25) is 0 Å². The van der Waals surface area contributed by atoms with E-state index >= 15 is 0 Å². The molecule has 0 spiro atoms. The summed E-state index contributed by atoms with van der Waals surface area (Å²) in [6, 6.07) is 20.5. The third-order valence-electron chi connectivity index (χ3n) is 5.82. The predicted octanol–water partition coefficient (Wildman–Crippen LogP) is 4.45. The third kappa shape index (κ3) is 4.12. The molecule has 5 rings (SSSR count). The van der Waals surface area contributed by atoms with E-state index in [1.807, 2.05) is 31.2 Å². The zero-order valence-electron chi connectivity index (χ0n) is 19.3. The first-order valence-electron chi connectivity index (χ1n) is 10.9. The summed E-state index contributed by atoms with van der Waals surface area (Å²) in [5, 5.41) is 11.7. The van der Waals surface area contributed by atoms with Gasteiger partial charge >= 0.3 is 0 Å². The first-order chi connectivity index (χ1) is 17.3. The van der Waals surface area contributed by atoms with Crippen LogP contribution in [0.5, 0.6) is 0 Å². The molecule has 0 amide bonds. The number of nitrogens with zero attached hydrogens (tertiary/aromatic N) is 4. The molecule has 3 aromatic carbocycles. The molecule has 182 valence electrons. The van der Waals surface area contributed by atoms with Crippen LogP contribution < -0.4 is 15.0 Å². The van der Waals surface area contributed by atoms with E-state index in [9.17, 15) is 12.8 Å². The molecule has 36 heavy (non-hydrogen) atoms. The van der Waals surface area contributed by atoms with Gasteiger partial charge in [-0.2, -0.15) is 10.2 Å². The number of aromatic nitrogens is 2. The number of hydrazone groups is 1. The largest absolute Gasteiger partial charge is 0.329 e. The zero-order valence-corrected chi connectivity index (χ0v) is 20.9.